The molecule has 0 bridgehead atoms. The summed E-state index contributed by atoms with van der Waals surface area (Å²) in [6.07, 6.45) is -0.301. The number of halogens is 3. The number of thiophene rings is 1. The van der Waals surface area contributed by atoms with Crippen LogP contribution in [0.3, 0.4) is 0 Å². The second-order valence-electron chi connectivity index (χ2n) is 7.37. The van der Waals surface area contributed by atoms with E-state index in [1.165, 1.54) is 24.0 Å². The van der Waals surface area contributed by atoms with Crippen molar-refractivity contribution in [2.45, 2.75) is 32.0 Å². The summed E-state index contributed by atoms with van der Waals surface area (Å²) in [4.78, 5) is 13.7. The van der Waals surface area contributed by atoms with Gasteiger partial charge in [-0.2, -0.15) is 26.7 Å². The molecule has 1 atom stereocenters. The standard InChI is InChI=1S/C17H23F3N6O3S2/c1-11-14(7-15(30-11)17(18,19)20)22-16(27)23-31(28,29)26(13-8-21-25(3)10-13)12-5-4-6-24(2)9-12/h7-8,10,12H,4-6,9H2,1-3H3,(H2,22,23,27). The van der Waals surface area contributed by atoms with Gasteiger partial charge >= 0.3 is 22.4 Å². The third kappa shape index (κ3) is 5.49. The zero-order valence-corrected chi connectivity index (χ0v) is 18.7. The summed E-state index contributed by atoms with van der Waals surface area (Å²) in [5, 5.41) is 6.22. The predicted molar refractivity (Wildman–Crippen MR) is 111 cm³/mol. The molecule has 172 valence electrons. The molecule has 0 aromatic carbocycles. The molecule has 1 saturated heterocycles. The molecule has 3 rings (SSSR count). The topological polar surface area (TPSA) is 99.6 Å². The lowest BCUT2D eigenvalue weighted by Gasteiger charge is -2.37. The largest absolute Gasteiger partial charge is 0.425 e. The van der Waals surface area contributed by atoms with Crippen molar-refractivity contribution < 1.29 is 26.4 Å². The highest BCUT2D eigenvalue weighted by Crippen LogP contribution is 2.38. The summed E-state index contributed by atoms with van der Waals surface area (Å²) >= 11 is 0.466. The van der Waals surface area contributed by atoms with E-state index < -0.39 is 33.3 Å². The highest BCUT2D eigenvalue weighted by Gasteiger charge is 2.36. The highest BCUT2D eigenvalue weighted by atomic mass is 32.2. The molecule has 0 aliphatic carbocycles. The zero-order valence-electron chi connectivity index (χ0n) is 17.1. The van der Waals surface area contributed by atoms with E-state index in [9.17, 15) is 26.4 Å². The minimum absolute atomic E-state index is 0.102. The number of carbonyl (C=O) groups is 1. The minimum Gasteiger partial charge on any atom is -0.306 e. The van der Waals surface area contributed by atoms with Gasteiger partial charge in [-0.25, -0.2) is 13.8 Å². The number of hydrogen-bond donors (Lipinski definition) is 2. The van der Waals surface area contributed by atoms with Crippen molar-refractivity contribution in [3.8, 4) is 0 Å². The highest BCUT2D eigenvalue weighted by molar-refractivity contribution is 7.91. The second-order valence-corrected chi connectivity index (χ2v) is 10.2. The molecule has 1 fully saturated rings. The van der Waals surface area contributed by atoms with E-state index in [2.05, 4.69) is 10.4 Å². The molecular formula is C17H23F3N6O3S2. The van der Waals surface area contributed by atoms with Crippen molar-refractivity contribution in [1.82, 2.24) is 19.4 Å². The Labute approximate surface area is 182 Å². The van der Waals surface area contributed by atoms with Crippen LogP contribution in [0.4, 0.5) is 29.3 Å². The molecule has 0 radical (unpaired) electrons. The SMILES string of the molecule is Cc1sc(C(F)(F)F)cc1NC(=O)NS(=O)(=O)N(c1cnn(C)c1)C1CCCN(C)C1. The van der Waals surface area contributed by atoms with Gasteiger partial charge in [0, 0.05) is 24.7 Å². The summed E-state index contributed by atoms with van der Waals surface area (Å²) in [7, 11) is -0.856. The monoisotopic (exact) mass is 480 g/mol. The molecule has 2 aromatic heterocycles. The summed E-state index contributed by atoms with van der Waals surface area (Å²) < 4.78 is 69.4. The average Bonchev–Trinajstić information content (AvgIpc) is 3.20. The lowest BCUT2D eigenvalue weighted by Crippen LogP contribution is -2.54. The predicted octanol–water partition coefficient (Wildman–Crippen LogP) is 2.78. The van der Waals surface area contributed by atoms with E-state index in [-0.39, 0.29) is 16.3 Å². The summed E-state index contributed by atoms with van der Waals surface area (Å²) in [6, 6.07) is -0.804. The maximum atomic E-state index is 13.1. The van der Waals surface area contributed by atoms with Crippen molar-refractivity contribution >= 4 is 39.0 Å². The number of likely N-dealkylation sites (tertiary alicyclic amines) is 1. The first-order valence-electron chi connectivity index (χ1n) is 9.35. The van der Waals surface area contributed by atoms with E-state index >= 15 is 0 Å². The van der Waals surface area contributed by atoms with Crippen molar-refractivity contribution in [3.05, 3.63) is 28.2 Å². The lowest BCUT2D eigenvalue weighted by atomic mass is 10.1. The molecule has 14 heteroatoms. The quantitative estimate of drug-likeness (QED) is 0.686. The van der Waals surface area contributed by atoms with Crippen LogP contribution in [0.15, 0.2) is 18.5 Å². The molecule has 0 saturated carbocycles. The first kappa shape index (κ1) is 23.3. The van der Waals surface area contributed by atoms with Crippen LogP contribution in [0, 0.1) is 6.92 Å². The number of piperidine rings is 1. The van der Waals surface area contributed by atoms with Gasteiger partial charge in [0.05, 0.1) is 23.6 Å². The number of alkyl halides is 3. The molecular weight excluding hydrogens is 457 g/mol. The third-order valence-corrected chi connectivity index (χ3v) is 7.37. The average molecular weight is 481 g/mol. The Balaban J connectivity index is 1.82. The Kier molecular flexibility index (Phi) is 6.53. The van der Waals surface area contributed by atoms with Gasteiger partial charge in [-0.05, 0) is 39.4 Å². The molecule has 2 aromatic rings. The Morgan fingerprint density at radius 3 is 2.61 bits per heavy atom. The van der Waals surface area contributed by atoms with Gasteiger partial charge in [0.15, 0.2) is 0 Å². The number of anilines is 2. The minimum atomic E-state index is -4.55. The van der Waals surface area contributed by atoms with Gasteiger partial charge in [-0.1, -0.05) is 0 Å². The number of carbonyl (C=O) groups excluding carboxylic acids is 1. The van der Waals surface area contributed by atoms with Crippen molar-refractivity contribution in [3.63, 3.8) is 0 Å². The van der Waals surface area contributed by atoms with E-state index in [1.54, 1.807) is 7.05 Å². The number of hydrogen-bond acceptors (Lipinski definition) is 6. The van der Waals surface area contributed by atoms with Gasteiger partial charge in [0.1, 0.15) is 4.88 Å². The fraction of sp³-hybridized carbons (Fsp3) is 0.529. The number of likely N-dealkylation sites (N-methyl/N-ethyl adjacent to an activating group) is 1. The van der Waals surface area contributed by atoms with Gasteiger partial charge in [0.2, 0.25) is 0 Å². The number of amides is 2. The van der Waals surface area contributed by atoms with Crippen LogP contribution in [0.5, 0.6) is 0 Å². The number of nitrogens with one attached hydrogen (secondary N) is 2. The Morgan fingerprint density at radius 2 is 2.06 bits per heavy atom. The third-order valence-electron chi connectivity index (χ3n) is 4.80. The lowest BCUT2D eigenvalue weighted by molar-refractivity contribution is -0.134. The smallest absolute Gasteiger partial charge is 0.306 e. The molecule has 31 heavy (non-hydrogen) atoms. The maximum absolute atomic E-state index is 13.1. The zero-order chi connectivity index (χ0) is 23.0. The number of aromatic nitrogens is 2. The van der Waals surface area contributed by atoms with Gasteiger partial charge < -0.3 is 10.2 Å². The molecule has 1 aliphatic rings. The normalized spacial score (nSPS) is 18.1. The molecule has 1 aliphatic heterocycles. The first-order valence-corrected chi connectivity index (χ1v) is 11.6. The van der Waals surface area contributed by atoms with Crippen LogP contribution in [0.25, 0.3) is 0 Å². The second kappa shape index (κ2) is 8.67. The van der Waals surface area contributed by atoms with E-state index in [1.807, 2.05) is 16.7 Å². The van der Waals surface area contributed by atoms with E-state index in [0.717, 1.165) is 23.3 Å². The molecule has 1 unspecified atom stereocenters. The van der Waals surface area contributed by atoms with Crippen LogP contribution >= 0.6 is 11.3 Å². The van der Waals surface area contributed by atoms with Crippen LogP contribution in [0.1, 0.15) is 22.6 Å². The Bertz CT molecular complexity index is 1050. The number of nitrogens with zero attached hydrogens (tertiary/aromatic N) is 4. The Hall–Kier alpha value is -2.32. The van der Waals surface area contributed by atoms with Crippen molar-refractivity contribution in [1.29, 1.82) is 0 Å². The molecule has 0 spiro atoms. The van der Waals surface area contributed by atoms with E-state index in [0.29, 0.717) is 24.3 Å². The number of rotatable bonds is 5. The first-order chi connectivity index (χ1) is 14.4. The summed E-state index contributed by atoms with van der Waals surface area (Å²) in [5.41, 5.74) is 0.185. The molecule has 2 N–H and O–H groups in total. The molecule has 9 nitrogen and oxygen atoms in total. The molecule has 2 amide bonds. The fourth-order valence-electron chi connectivity index (χ4n) is 3.46. The maximum Gasteiger partial charge on any atom is 0.425 e. The van der Waals surface area contributed by atoms with Crippen LogP contribution in [-0.2, 0) is 23.4 Å². The van der Waals surface area contributed by atoms with Gasteiger partial charge in [-0.15, -0.1) is 11.3 Å². The molecule has 3 heterocycles. The van der Waals surface area contributed by atoms with Crippen LogP contribution < -0.4 is 14.3 Å². The van der Waals surface area contributed by atoms with Crippen molar-refractivity contribution in [2.24, 2.45) is 7.05 Å². The summed E-state index contributed by atoms with van der Waals surface area (Å²) in [5.74, 6) is 0. The van der Waals surface area contributed by atoms with Gasteiger partial charge in [-0.3, -0.25) is 4.68 Å². The van der Waals surface area contributed by atoms with Crippen LogP contribution in [-0.4, -0.2) is 55.3 Å². The summed E-state index contributed by atoms with van der Waals surface area (Å²) in [6.45, 7) is 2.68. The van der Waals surface area contributed by atoms with Gasteiger partial charge in [0.25, 0.3) is 0 Å². The van der Waals surface area contributed by atoms with E-state index in [4.69, 9.17) is 0 Å². The number of urea groups is 1. The van der Waals surface area contributed by atoms with Crippen LogP contribution in [0.2, 0.25) is 0 Å². The van der Waals surface area contributed by atoms with Crippen molar-refractivity contribution in [2.75, 3.05) is 29.8 Å². The Morgan fingerprint density at radius 1 is 1.35 bits per heavy atom. The fourth-order valence-corrected chi connectivity index (χ4v) is 5.62. The number of aryl methyl sites for hydroxylation is 2.